The van der Waals surface area contributed by atoms with E-state index in [2.05, 4.69) is 9.97 Å². The number of carbonyl (C=O) groups excluding carboxylic acids is 1. The summed E-state index contributed by atoms with van der Waals surface area (Å²) < 4.78 is 5.64. The molecule has 0 spiro atoms. The molecule has 7 heteroatoms. The summed E-state index contributed by atoms with van der Waals surface area (Å²) in [6, 6.07) is 6.59. The number of hydrogen-bond donors (Lipinski definition) is 0. The molecule has 102 valence electrons. The molecule has 1 aromatic heterocycles. The molecule has 0 saturated heterocycles. The predicted octanol–water partition coefficient (Wildman–Crippen LogP) is -1.29. The number of aromatic nitrogens is 2. The fourth-order valence-corrected chi connectivity index (χ4v) is 1.97. The zero-order valence-corrected chi connectivity index (χ0v) is 14.1. The van der Waals surface area contributed by atoms with Crippen LogP contribution in [-0.2, 0) is 0 Å². The Morgan fingerprint density at radius 3 is 2.67 bits per heavy atom. The van der Waals surface area contributed by atoms with Crippen LogP contribution < -0.4 is 39.4 Å². The number of nitrogens with zero attached hydrogens (tertiary/aromatic N) is 2. The van der Waals surface area contributed by atoms with Gasteiger partial charge < -0.3 is 14.6 Å². The monoisotopic (exact) mass is 312 g/mol. The number of hydrogen-bond acceptors (Lipinski definition) is 5. The van der Waals surface area contributed by atoms with Crippen molar-refractivity contribution >= 4 is 17.6 Å². The average Bonchev–Trinajstić information content (AvgIpc) is 3.25. The van der Waals surface area contributed by atoms with Crippen LogP contribution in [0.3, 0.4) is 0 Å². The third-order valence-corrected chi connectivity index (χ3v) is 3.22. The van der Waals surface area contributed by atoms with E-state index in [9.17, 15) is 9.90 Å². The summed E-state index contributed by atoms with van der Waals surface area (Å²) in [4.78, 5) is 18.4. The molecule has 1 aliphatic carbocycles. The Morgan fingerprint density at radius 1 is 1.29 bits per heavy atom. The van der Waals surface area contributed by atoms with Crippen LogP contribution in [0.4, 0.5) is 0 Å². The van der Waals surface area contributed by atoms with E-state index in [0.717, 1.165) is 12.8 Å². The van der Waals surface area contributed by atoms with Crippen LogP contribution in [0.5, 0.6) is 5.75 Å². The number of ether oxygens (including phenoxy) is 1. The van der Waals surface area contributed by atoms with Crippen LogP contribution in [0.25, 0.3) is 11.3 Å². The Balaban J connectivity index is 0.00000161. The minimum Gasteiger partial charge on any atom is -0.543 e. The van der Waals surface area contributed by atoms with Crippen LogP contribution in [0.15, 0.2) is 30.6 Å². The first kappa shape index (κ1) is 16.2. The molecule has 0 aliphatic heterocycles. The zero-order chi connectivity index (χ0) is 14.1. The topological polar surface area (TPSA) is 75.1 Å². The van der Waals surface area contributed by atoms with Crippen molar-refractivity contribution in [3.63, 3.8) is 0 Å². The van der Waals surface area contributed by atoms with Gasteiger partial charge in [0.05, 0.1) is 28.5 Å². The van der Waals surface area contributed by atoms with Gasteiger partial charge in [0.25, 0.3) is 0 Å². The Morgan fingerprint density at radius 2 is 2.05 bits per heavy atom. The summed E-state index contributed by atoms with van der Waals surface area (Å²) in [5.74, 6) is -0.708. The zero-order valence-electron chi connectivity index (χ0n) is 11.4. The number of halogens is 1. The van der Waals surface area contributed by atoms with Gasteiger partial charge >= 0.3 is 29.6 Å². The summed E-state index contributed by atoms with van der Waals surface area (Å²) in [5.41, 5.74) is 1.01. The van der Waals surface area contributed by atoms with Crippen molar-refractivity contribution in [3.8, 4) is 17.0 Å². The molecule has 3 rings (SSSR count). The van der Waals surface area contributed by atoms with Crippen molar-refractivity contribution < 1.29 is 44.2 Å². The molecule has 1 heterocycles. The largest absolute Gasteiger partial charge is 1.00 e. The second kappa shape index (κ2) is 6.75. The van der Waals surface area contributed by atoms with Crippen LogP contribution in [0, 0.1) is 0 Å². The van der Waals surface area contributed by atoms with Crippen molar-refractivity contribution in [2.75, 3.05) is 0 Å². The fourth-order valence-electron chi connectivity index (χ4n) is 1.75. The van der Waals surface area contributed by atoms with Gasteiger partial charge in [-0.05, 0) is 37.1 Å². The molecule has 5 nitrogen and oxygen atoms in total. The van der Waals surface area contributed by atoms with E-state index in [0.29, 0.717) is 22.0 Å². The van der Waals surface area contributed by atoms with E-state index in [1.54, 1.807) is 18.2 Å². The SMILES string of the molecule is O=C([O-])c1cc(-c2ccc(OC3CC3)c(Cl)c2)ncn1.[Na+]. The maximum atomic E-state index is 10.8. The van der Waals surface area contributed by atoms with Crippen LogP contribution >= 0.6 is 11.6 Å². The van der Waals surface area contributed by atoms with Crippen molar-refractivity contribution in [2.24, 2.45) is 0 Å². The number of rotatable bonds is 4. The smallest absolute Gasteiger partial charge is 0.543 e. The molecular weight excluding hydrogens is 303 g/mol. The maximum absolute atomic E-state index is 10.8. The molecule has 0 bridgehead atoms. The Bertz CT molecular complexity index is 677. The normalized spacial score (nSPS) is 13.4. The van der Waals surface area contributed by atoms with Gasteiger partial charge in [0.15, 0.2) is 0 Å². The number of carbonyl (C=O) groups is 1. The molecular formula is C14H10ClN2NaO3. The molecule has 2 aromatic rings. The van der Waals surface area contributed by atoms with Crippen molar-refractivity contribution in [2.45, 2.75) is 18.9 Å². The summed E-state index contributed by atoms with van der Waals surface area (Å²) in [6.45, 7) is 0. The van der Waals surface area contributed by atoms with Gasteiger partial charge in [0.1, 0.15) is 12.1 Å². The molecule has 1 fully saturated rings. The molecule has 21 heavy (non-hydrogen) atoms. The Kier molecular flexibility index (Phi) is 5.22. The van der Waals surface area contributed by atoms with Crippen molar-refractivity contribution in [3.05, 3.63) is 41.3 Å². The first-order valence-corrected chi connectivity index (χ1v) is 6.51. The standard InChI is InChI=1S/C14H11ClN2O3.Na/c15-10-5-8(1-4-13(10)20-9-2-3-9)11-6-12(14(18)19)17-7-16-11;/h1,4-7,9H,2-3H2,(H,18,19);/q;+1/p-1. The minimum absolute atomic E-state index is 0. The maximum Gasteiger partial charge on any atom is 1.00 e. The molecule has 0 unspecified atom stereocenters. The third-order valence-electron chi connectivity index (χ3n) is 2.92. The summed E-state index contributed by atoms with van der Waals surface area (Å²) in [6.07, 6.45) is 3.56. The molecule has 0 N–H and O–H groups in total. The van der Waals surface area contributed by atoms with Crippen LogP contribution in [-0.4, -0.2) is 22.0 Å². The molecule has 0 amide bonds. The number of benzene rings is 1. The predicted molar refractivity (Wildman–Crippen MR) is 70.5 cm³/mol. The quantitative estimate of drug-likeness (QED) is 0.656. The number of carboxylic acid groups (broad SMARTS) is 1. The van der Waals surface area contributed by atoms with Crippen LogP contribution in [0.2, 0.25) is 5.02 Å². The minimum atomic E-state index is -1.34. The van der Waals surface area contributed by atoms with E-state index < -0.39 is 5.97 Å². The van der Waals surface area contributed by atoms with Gasteiger partial charge in [-0.1, -0.05) is 11.6 Å². The third kappa shape index (κ3) is 3.95. The van der Waals surface area contributed by atoms with Gasteiger partial charge in [0, 0.05) is 5.56 Å². The van der Waals surface area contributed by atoms with E-state index in [-0.39, 0.29) is 41.4 Å². The average molecular weight is 313 g/mol. The van der Waals surface area contributed by atoms with Crippen LogP contribution in [0.1, 0.15) is 23.3 Å². The molecule has 1 aliphatic rings. The van der Waals surface area contributed by atoms with Gasteiger partial charge in [-0.2, -0.15) is 0 Å². The van der Waals surface area contributed by atoms with E-state index in [4.69, 9.17) is 16.3 Å². The molecule has 1 saturated carbocycles. The van der Waals surface area contributed by atoms with Gasteiger partial charge in [-0.25, -0.2) is 9.97 Å². The molecule has 0 atom stereocenters. The Hall–Kier alpha value is -1.14. The van der Waals surface area contributed by atoms with E-state index in [1.165, 1.54) is 12.4 Å². The van der Waals surface area contributed by atoms with E-state index in [1.807, 2.05) is 0 Å². The second-order valence-corrected chi connectivity index (χ2v) is 4.95. The molecule has 0 radical (unpaired) electrons. The summed E-state index contributed by atoms with van der Waals surface area (Å²) in [7, 11) is 0. The van der Waals surface area contributed by atoms with Gasteiger partial charge in [-0.3, -0.25) is 0 Å². The summed E-state index contributed by atoms with van der Waals surface area (Å²) in [5, 5.41) is 11.3. The van der Waals surface area contributed by atoms with Crippen molar-refractivity contribution in [1.82, 2.24) is 9.97 Å². The van der Waals surface area contributed by atoms with Gasteiger partial charge in [0.2, 0.25) is 0 Å². The van der Waals surface area contributed by atoms with Gasteiger partial charge in [-0.15, -0.1) is 0 Å². The fraction of sp³-hybridized carbons (Fsp3) is 0.214. The molecule has 1 aromatic carbocycles. The Labute approximate surface area is 148 Å². The first-order chi connectivity index (χ1) is 9.63. The number of aromatic carboxylic acids is 1. The first-order valence-electron chi connectivity index (χ1n) is 6.13. The second-order valence-electron chi connectivity index (χ2n) is 4.54. The van der Waals surface area contributed by atoms with Crippen molar-refractivity contribution in [1.29, 1.82) is 0 Å². The van der Waals surface area contributed by atoms with E-state index >= 15 is 0 Å². The number of carboxylic acids is 1. The summed E-state index contributed by atoms with van der Waals surface area (Å²) >= 11 is 6.16.